The molecule has 5 nitrogen and oxygen atoms in total. The number of benzene rings is 1. The Morgan fingerprint density at radius 1 is 1.25 bits per heavy atom. The second-order valence-electron chi connectivity index (χ2n) is 4.82. The molecule has 2 aromatic rings. The van der Waals surface area contributed by atoms with Gasteiger partial charge in [-0.25, -0.2) is 0 Å². The van der Waals surface area contributed by atoms with E-state index in [1.54, 1.807) is 0 Å². The van der Waals surface area contributed by atoms with Gasteiger partial charge in [0, 0.05) is 30.4 Å². The van der Waals surface area contributed by atoms with Gasteiger partial charge in [0.15, 0.2) is 0 Å². The van der Waals surface area contributed by atoms with E-state index in [9.17, 15) is 4.79 Å². The quantitative estimate of drug-likeness (QED) is 0.898. The lowest BCUT2D eigenvalue weighted by Crippen LogP contribution is -2.09. The predicted molar refractivity (Wildman–Crippen MR) is 78.8 cm³/mol. The van der Waals surface area contributed by atoms with Crippen molar-refractivity contribution in [3.63, 3.8) is 0 Å². The fraction of sp³-hybridized carbons (Fsp3) is 0.333. The molecule has 0 bridgehead atoms. The monoisotopic (exact) mass is 273 g/mol. The Hall–Kier alpha value is -2.30. The lowest BCUT2D eigenvalue weighted by atomic mass is 10.1. The summed E-state index contributed by atoms with van der Waals surface area (Å²) in [4.78, 5) is 11.2. The largest absolute Gasteiger partial charge is 0.380 e. The molecule has 106 valence electrons. The molecular weight excluding hydrogens is 254 g/mol. The van der Waals surface area contributed by atoms with E-state index in [1.807, 2.05) is 39.0 Å². The molecule has 0 aliphatic rings. The summed E-state index contributed by atoms with van der Waals surface area (Å²) in [5, 5.41) is 10.1. The van der Waals surface area contributed by atoms with E-state index in [-0.39, 0.29) is 5.91 Å². The highest BCUT2D eigenvalue weighted by atomic mass is 16.5. The minimum absolute atomic E-state index is 0.0732. The first-order chi connectivity index (χ1) is 9.49. The molecular formula is C15H19N3O2. The number of carbonyl (C=O) groups is 1. The number of aromatic nitrogens is 1. The number of anilines is 2. The minimum Gasteiger partial charge on any atom is -0.380 e. The third-order valence-electron chi connectivity index (χ3n) is 3.28. The Balaban J connectivity index is 2.16. The van der Waals surface area contributed by atoms with E-state index in [4.69, 9.17) is 4.52 Å². The smallest absolute Gasteiger partial charge is 0.221 e. The van der Waals surface area contributed by atoms with Crippen LogP contribution >= 0.6 is 0 Å². The van der Waals surface area contributed by atoms with Crippen LogP contribution < -0.4 is 10.6 Å². The third-order valence-corrected chi connectivity index (χ3v) is 3.28. The summed E-state index contributed by atoms with van der Waals surface area (Å²) in [6, 6.07) is 5.78. The molecule has 0 saturated heterocycles. The molecule has 20 heavy (non-hydrogen) atoms. The Kier molecular flexibility index (Phi) is 4.08. The van der Waals surface area contributed by atoms with Gasteiger partial charge in [0.1, 0.15) is 5.76 Å². The summed E-state index contributed by atoms with van der Waals surface area (Å²) in [5.41, 5.74) is 4.77. The zero-order valence-corrected chi connectivity index (χ0v) is 12.2. The molecule has 5 heteroatoms. The lowest BCUT2D eigenvalue weighted by Gasteiger charge is -2.13. The van der Waals surface area contributed by atoms with Crippen molar-refractivity contribution in [2.24, 2.45) is 0 Å². The molecule has 1 aromatic carbocycles. The topological polar surface area (TPSA) is 67.2 Å². The molecule has 0 saturated carbocycles. The predicted octanol–water partition coefficient (Wildman–Crippen LogP) is 3.17. The molecule has 0 unspecified atom stereocenters. The standard InChI is InChI=1S/C15H19N3O2/c1-9-14(6-5-7-15(9)17-12(4)19)16-8-13-10(2)18-20-11(13)3/h5-7,16H,8H2,1-4H3,(H,17,19). The van der Waals surface area contributed by atoms with Crippen LogP contribution in [0.5, 0.6) is 0 Å². The van der Waals surface area contributed by atoms with Crippen LogP contribution in [-0.2, 0) is 11.3 Å². The van der Waals surface area contributed by atoms with Gasteiger partial charge in [-0.3, -0.25) is 4.79 Å². The van der Waals surface area contributed by atoms with Gasteiger partial charge in [0.25, 0.3) is 0 Å². The molecule has 1 aromatic heterocycles. The van der Waals surface area contributed by atoms with Crippen LogP contribution in [0.1, 0.15) is 29.5 Å². The van der Waals surface area contributed by atoms with Crippen molar-refractivity contribution < 1.29 is 9.32 Å². The van der Waals surface area contributed by atoms with Crippen LogP contribution in [0.3, 0.4) is 0 Å². The van der Waals surface area contributed by atoms with Crippen molar-refractivity contribution in [2.75, 3.05) is 10.6 Å². The average molecular weight is 273 g/mol. The number of hydrogen-bond donors (Lipinski definition) is 2. The number of carbonyl (C=O) groups excluding carboxylic acids is 1. The fourth-order valence-electron chi connectivity index (χ4n) is 2.09. The first kappa shape index (κ1) is 14.1. The molecule has 0 radical (unpaired) electrons. The zero-order valence-electron chi connectivity index (χ0n) is 12.2. The van der Waals surface area contributed by atoms with Crippen LogP contribution in [0.4, 0.5) is 11.4 Å². The first-order valence-electron chi connectivity index (χ1n) is 6.52. The van der Waals surface area contributed by atoms with E-state index in [0.717, 1.165) is 34.0 Å². The van der Waals surface area contributed by atoms with Gasteiger partial charge in [0.2, 0.25) is 5.91 Å². The number of rotatable bonds is 4. The average Bonchev–Trinajstić information content (AvgIpc) is 2.70. The molecule has 0 spiro atoms. The summed E-state index contributed by atoms with van der Waals surface area (Å²) in [6.07, 6.45) is 0. The van der Waals surface area contributed by atoms with Gasteiger partial charge in [-0.15, -0.1) is 0 Å². The van der Waals surface area contributed by atoms with E-state index in [2.05, 4.69) is 15.8 Å². The van der Waals surface area contributed by atoms with E-state index in [0.29, 0.717) is 6.54 Å². The van der Waals surface area contributed by atoms with Crippen molar-refractivity contribution in [1.29, 1.82) is 0 Å². The SMILES string of the molecule is CC(=O)Nc1cccc(NCc2c(C)noc2C)c1C. The molecule has 0 atom stereocenters. The summed E-state index contributed by atoms with van der Waals surface area (Å²) < 4.78 is 5.14. The molecule has 2 N–H and O–H groups in total. The van der Waals surface area contributed by atoms with Crippen LogP contribution in [0.2, 0.25) is 0 Å². The zero-order chi connectivity index (χ0) is 14.7. The molecule has 1 heterocycles. The van der Waals surface area contributed by atoms with Crippen LogP contribution in [0, 0.1) is 20.8 Å². The van der Waals surface area contributed by atoms with E-state index >= 15 is 0 Å². The maximum atomic E-state index is 11.2. The first-order valence-corrected chi connectivity index (χ1v) is 6.52. The van der Waals surface area contributed by atoms with Crippen LogP contribution in [0.25, 0.3) is 0 Å². The van der Waals surface area contributed by atoms with Gasteiger partial charge in [0.05, 0.1) is 5.69 Å². The maximum Gasteiger partial charge on any atom is 0.221 e. The molecule has 0 aliphatic heterocycles. The van der Waals surface area contributed by atoms with Crippen molar-refractivity contribution in [2.45, 2.75) is 34.2 Å². The lowest BCUT2D eigenvalue weighted by molar-refractivity contribution is -0.114. The number of hydrogen-bond acceptors (Lipinski definition) is 4. The van der Waals surface area contributed by atoms with Crippen molar-refractivity contribution in [3.05, 3.63) is 40.8 Å². The molecule has 2 rings (SSSR count). The number of amides is 1. The highest BCUT2D eigenvalue weighted by molar-refractivity contribution is 5.90. The van der Waals surface area contributed by atoms with Crippen molar-refractivity contribution >= 4 is 17.3 Å². The Bertz CT molecular complexity index is 613. The Labute approximate surface area is 118 Å². The minimum atomic E-state index is -0.0732. The van der Waals surface area contributed by atoms with E-state index < -0.39 is 0 Å². The van der Waals surface area contributed by atoms with Crippen LogP contribution in [-0.4, -0.2) is 11.1 Å². The maximum absolute atomic E-state index is 11.2. The Morgan fingerprint density at radius 2 is 1.95 bits per heavy atom. The van der Waals surface area contributed by atoms with Gasteiger partial charge in [-0.05, 0) is 38.5 Å². The van der Waals surface area contributed by atoms with Gasteiger partial charge in [-0.2, -0.15) is 0 Å². The summed E-state index contributed by atoms with van der Waals surface area (Å²) >= 11 is 0. The second-order valence-corrected chi connectivity index (χ2v) is 4.82. The number of nitrogens with one attached hydrogen (secondary N) is 2. The fourth-order valence-corrected chi connectivity index (χ4v) is 2.09. The van der Waals surface area contributed by atoms with Crippen LogP contribution in [0.15, 0.2) is 22.7 Å². The van der Waals surface area contributed by atoms with Crippen molar-refractivity contribution in [1.82, 2.24) is 5.16 Å². The third kappa shape index (κ3) is 2.99. The van der Waals surface area contributed by atoms with Gasteiger partial charge in [-0.1, -0.05) is 11.2 Å². The van der Waals surface area contributed by atoms with Gasteiger partial charge >= 0.3 is 0 Å². The normalized spacial score (nSPS) is 10.4. The summed E-state index contributed by atoms with van der Waals surface area (Å²) in [6.45, 7) is 7.95. The van der Waals surface area contributed by atoms with Crippen molar-refractivity contribution in [3.8, 4) is 0 Å². The molecule has 1 amide bonds. The summed E-state index contributed by atoms with van der Waals surface area (Å²) in [5.74, 6) is 0.752. The molecule has 0 fully saturated rings. The molecule has 0 aliphatic carbocycles. The second kappa shape index (κ2) is 5.77. The number of aryl methyl sites for hydroxylation is 2. The highest BCUT2D eigenvalue weighted by Crippen LogP contribution is 2.24. The van der Waals surface area contributed by atoms with Gasteiger partial charge < -0.3 is 15.2 Å². The summed E-state index contributed by atoms with van der Waals surface area (Å²) in [7, 11) is 0. The Morgan fingerprint density at radius 3 is 2.55 bits per heavy atom. The number of nitrogens with zero attached hydrogens (tertiary/aromatic N) is 1. The highest BCUT2D eigenvalue weighted by Gasteiger charge is 2.10. The van der Waals surface area contributed by atoms with E-state index in [1.165, 1.54) is 6.92 Å².